The Balaban J connectivity index is 4.42. The number of unbranched alkanes of at least 4 members (excludes halogenated alkanes) is 8. The second kappa shape index (κ2) is 37.4. The van der Waals surface area contributed by atoms with Crippen molar-refractivity contribution in [2.45, 2.75) is 154 Å². The Morgan fingerprint density at radius 2 is 1.04 bits per heavy atom. The fourth-order valence-corrected chi connectivity index (χ4v) is 5.51. The molecule has 0 amide bonds. The lowest BCUT2D eigenvalue weighted by Crippen LogP contribution is -2.50. The van der Waals surface area contributed by atoms with Gasteiger partial charge in [0.05, 0.1) is 34.4 Å². The van der Waals surface area contributed by atoms with Gasteiger partial charge in [-0.3, -0.25) is 9.59 Å². The molecule has 0 radical (unpaired) electrons. The number of rotatable bonds is 36. The number of carbonyl (C=O) groups is 3. The zero-order valence-corrected chi connectivity index (χ0v) is 35.3. The lowest BCUT2D eigenvalue weighted by Gasteiger charge is -2.31. The molecule has 2 atom stereocenters. The Labute approximate surface area is 335 Å². The molecule has 0 aliphatic rings. The highest BCUT2D eigenvalue weighted by molar-refractivity contribution is 5.72. The number of allylic oxidation sites excluding steroid dienone is 14. The van der Waals surface area contributed by atoms with Crippen molar-refractivity contribution in [3.8, 4) is 0 Å². The van der Waals surface area contributed by atoms with Gasteiger partial charge < -0.3 is 23.8 Å². The normalized spacial score (nSPS) is 13.8. The van der Waals surface area contributed by atoms with E-state index >= 15 is 0 Å². The smallest absolute Gasteiger partial charge is 0.362 e. The zero-order valence-electron chi connectivity index (χ0n) is 35.3. The largest absolute Gasteiger partial charge is 0.477 e. The van der Waals surface area contributed by atoms with Crippen molar-refractivity contribution in [1.29, 1.82) is 0 Å². The Morgan fingerprint density at radius 1 is 0.564 bits per heavy atom. The second-order valence-corrected chi connectivity index (χ2v) is 14.9. The Bertz CT molecular complexity index is 1170. The molecule has 55 heavy (non-hydrogen) atoms. The number of hydrogen-bond acceptors (Lipinski definition) is 6. The zero-order chi connectivity index (χ0) is 40.7. The van der Waals surface area contributed by atoms with Crippen LogP contribution in [-0.4, -0.2) is 80.6 Å². The number of aliphatic carboxylic acids is 1. The molecule has 0 rings (SSSR count). The minimum absolute atomic E-state index is 0.0337. The van der Waals surface area contributed by atoms with Crippen molar-refractivity contribution in [3.63, 3.8) is 0 Å². The minimum atomic E-state index is -0.889. The van der Waals surface area contributed by atoms with E-state index in [9.17, 15) is 19.5 Å². The summed E-state index contributed by atoms with van der Waals surface area (Å²) in [5.74, 6) is -1.57. The van der Waals surface area contributed by atoms with Gasteiger partial charge in [-0.15, -0.1) is 0 Å². The highest BCUT2D eigenvalue weighted by Crippen LogP contribution is 2.11. The van der Waals surface area contributed by atoms with E-state index in [0.717, 1.165) is 70.6 Å². The number of carboxylic acid groups (broad SMARTS) is 1. The van der Waals surface area contributed by atoms with Gasteiger partial charge in [0.2, 0.25) is 0 Å². The Morgan fingerprint density at radius 3 is 1.55 bits per heavy atom. The molecule has 0 spiro atoms. The summed E-state index contributed by atoms with van der Waals surface area (Å²) in [5, 5.41) is 9.59. The van der Waals surface area contributed by atoms with Crippen LogP contribution in [0.2, 0.25) is 0 Å². The van der Waals surface area contributed by atoms with Crippen molar-refractivity contribution in [2.24, 2.45) is 0 Å². The third kappa shape index (κ3) is 35.9. The number of quaternary nitrogens is 1. The van der Waals surface area contributed by atoms with E-state index in [2.05, 4.69) is 98.9 Å². The van der Waals surface area contributed by atoms with Crippen LogP contribution in [0.1, 0.15) is 142 Å². The summed E-state index contributed by atoms with van der Waals surface area (Å²) in [5.41, 5.74) is 0. The maximum atomic E-state index is 12.7. The van der Waals surface area contributed by atoms with Gasteiger partial charge in [0.1, 0.15) is 6.61 Å². The minimum Gasteiger partial charge on any atom is -0.477 e. The summed E-state index contributed by atoms with van der Waals surface area (Å²) < 4.78 is 17.1. The summed E-state index contributed by atoms with van der Waals surface area (Å²) in [6.45, 7) is 4.49. The maximum absolute atomic E-state index is 12.7. The highest BCUT2D eigenvalue weighted by Gasteiger charge is 2.31. The number of esters is 2. The van der Waals surface area contributed by atoms with Crippen LogP contribution < -0.4 is 0 Å². The van der Waals surface area contributed by atoms with Gasteiger partial charge in [-0.1, -0.05) is 125 Å². The summed E-state index contributed by atoms with van der Waals surface area (Å²) in [6, 6.07) is -0.628. The second-order valence-electron chi connectivity index (χ2n) is 14.9. The molecule has 8 nitrogen and oxygen atoms in total. The summed E-state index contributed by atoms with van der Waals surface area (Å²) in [6.07, 6.45) is 47.9. The first-order valence-electron chi connectivity index (χ1n) is 21.1. The van der Waals surface area contributed by atoms with Crippen molar-refractivity contribution in [3.05, 3.63) is 85.1 Å². The van der Waals surface area contributed by atoms with Crippen LogP contribution in [0.3, 0.4) is 0 Å². The van der Waals surface area contributed by atoms with Crippen LogP contribution >= 0.6 is 0 Å². The fraction of sp³-hybridized carbons (Fsp3) is 0.638. The molecule has 1 N–H and O–H groups in total. The van der Waals surface area contributed by atoms with Crippen molar-refractivity contribution >= 4 is 17.9 Å². The SMILES string of the molecule is CC/C=C/C/C=C/C/C=C/C/C=C/C/C=C/C/C=C/CCCCCC(=O)OC(COCCC(C(=O)O)[N+](C)(C)C)COC(=O)CCC/C=C/CCCCCC. The number of likely N-dealkylation sites (N-methyl/N-ethyl adjacent to an activating group) is 1. The number of ether oxygens (including phenoxy) is 3. The molecule has 312 valence electrons. The molecule has 0 aromatic rings. The van der Waals surface area contributed by atoms with Crippen molar-refractivity contribution < 1.29 is 38.2 Å². The Hall–Kier alpha value is -3.49. The first kappa shape index (κ1) is 51.5. The first-order chi connectivity index (χ1) is 26.6. The van der Waals surface area contributed by atoms with Crippen molar-refractivity contribution in [2.75, 3.05) is 41.0 Å². The fourth-order valence-electron chi connectivity index (χ4n) is 5.51. The molecule has 0 aliphatic carbocycles. The van der Waals surface area contributed by atoms with Gasteiger partial charge in [-0.25, -0.2) is 4.79 Å². The molecule has 0 aromatic heterocycles. The molecule has 0 bridgehead atoms. The summed E-state index contributed by atoms with van der Waals surface area (Å²) in [4.78, 5) is 36.8. The van der Waals surface area contributed by atoms with E-state index in [1.807, 2.05) is 21.1 Å². The van der Waals surface area contributed by atoms with Gasteiger partial charge in [0.25, 0.3) is 0 Å². The van der Waals surface area contributed by atoms with Crippen molar-refractivity contribution in [1.82, 2.24) is 0 Å². The molecule has 0 saturated heterocycles. The van der Waals surface area contributed by atoms with Crippen LogP contribution in [0.5, 0.6) is 0 Å². The number of nitrogens with zero attached hydrogens (tertiary/aromatic N) is 1. The van der Waals surface area contributed by atoms with Crippen LogP contribution in [-0.2, 0) is 28.6 Å². The lowest BCUT2D eigenvalue weighted by atomic mass is 10.1. The average molecular weight is 769 g/mol. The highest BCUT2D eigenvalue weighted by atomic mass is 16.6. The van der Waals surface area contributed by atoms with Crippen LogP contribution in [0.4, 0.5) is 0 Å². The van der Waals surface area contributed by atoms with Gasteiger partial charge in [-0.05, 0) is 83.5 Å². The van der Waals surface area contributed by atoms with E-state index in [0.29, 0.717) is 25.7 Å². The van der Waals surface area contributed by atoms with Crippen LogP contribution in [0, 0.1) is 0 Å². The molecule has 2 unspecified atom stereocenters. The predicted molar refractivity (Wildman–Crippen MR) is 229 cm³/mol. The monoisotopic (exact) mass is 769 g/mol. The molecular formula is C47H78NO7+. The molecule has 0 aliphatic heterocycles. The number of carbonyl (C=O) groups excluding carboxylic acids is 2. The third-order valence-electron chi connectivity index (χ3n) is 8.78. The van der Waals surface area contributed by atoms with Crippen LogP contribution in [0.15, 0.2) is 85.1 Å². The lowest BCUT2D eigenvalue weighted by molar-refractivity contribution is -0.887. The van der Waals surface area contributed by atoms with E-state index in [1.54, 1.807) is 0 Å². The van der Waals surface area contributed by atoms with Gasteiger partial charge >= 0.3 is 17.9 Å². The molecule has 8 heteroatoms. The van der Waals surface area contributed by atoms with E-state index in [-0.39, 0.29) is 42.7 Å². The molecule has 0 aromatic carbocycles. The number of carboxylic acids is 1. The Kier molecular flexibility index (Phi) is 35.1. The third-order valence-corrected chi connectivity index (χ3v) is 8.78. The van der Waals surface area contributed by atoms with E-state index < -0.39 is 18.1 Å². The van der Waals surface area contributed by atoms with Gasteiger partial charge in [-0.2, -0.15) is 0 Å². The quantitative estimate of drug-likeness (QED) is 0.0293. The standard InChI is InChI=1S/C47H77NO7/c1-6-8-10-12-14-16-17-18-19-20-21-22-23-24-25-26-27-28-30-32-34-36-38-46(50)55-43(41-53-40-39-44(47(51)52)48(3,4)5)42-54-45(49)37-35-33-31-29-15-13-11-9-7-2/h8,10,14,16,18-19,21-22,24-25,27-29,31,43-44H,6-7,9,11-13,15,17,20,23,26,30,32-42H2,1-5H3/p+1/b10-8+,16-14+,19-18+,22-21+,25-24+,28-27+,31-29+. The van der Waals surface area contributed by atoms with Gasteiger partial charge in [0.15, 0.2) is 12.1 Å². The molecule has 0 fully saturated rings. The summed E-state index contributed by atoms with van der Waals surface area (Å²) >= 11 is 0. The van der Waals surface area contributed by atoms with Gasteiger partial charge in [0, 0.05) is 19.3 Å². The molecular weight excluding hydrogens is 691 g/mol. The van der Waals surface area contributed by atoms with Crippen LogP contribution in [0.25, 0.3) is 0 Å². The summed E-state index contributed by atoms with van der Waals surface area (Å²) in [7, 11) is 5.49. The predicted octanol–water partition coefficient (Wildman–Crippen LogP) is 11.4. The molecule has 0 heterocycles. The topological polar surface area (TPSA) is 99.1 Å². The molecule has 0 saturated carbocycles. The first-order valence-corrected chi connectivity index (χ1v) is 21.1. The van der Waals surface area contributed by atoms with E-state index in [4.69, 9.17) is 14.2 Å². The van der Waals surface area contributed by atoms with E-state index in [1.165, 1.54) is 25.7 Å². The average Bonchev–Trinajstić information content (AvgIpc) is 3.14. The maximum Gasteiger partial charge on any atom is 0.362 e. The number of hydrogen-bond donors (Lipinski definition) is 1.